The van der Waals surface area contributed by atoms with Gasteiger partial charge in [0.25, 0.3) is 0 Å². The molecule has 0 radical (unpaired) electrons. The van der Waals surface area contributed by atoms with Gasteiger partial charge in [-0.2, -0.15) is 0 Å². The second-order valence-electron chi connectivity index (χ2n) is 7.21. The number of fused-ring (bicyclic) bond motifs is 1. The van der Waals surface area contributed by atoms with Crippen LogP contribution in [0.3, 0.4) is 0 Å². The molecule has 1 saturated heterocycles. The molecule has 142 valence electrons. The highest BCUT2D eigenvalue weighted by molar-refractivity contribution is 6.02. The minimum Gasteiger partial charge on any atom is -0.324 e. The van der Waals surface area contributed by atoms with Crippen molar-refractivity contribution in [2.24, 2.45) is 0 Å². The lowest BCUT2D eigenvalue weighted by atomic mass is 9.99. The third-order valence-corrected chi connectivity index (χ3v) is 5.37. The van der Waals surface area contributed by atoms with Crippen LogP contribution in [0, 0.1) is 13.8 Å². The first kappa shape index (κ1) is 18.2. The Hall–Kier alpha value is -3.21. The number of rotatable bonds is 4. The van der Waals surface area contributed by atoms with E-state index in [0.29, 0.717) is 18.7 Å². The third-order valence-electron chi connectivity index (χ3n) is 5.37. The molecule has 1 aliphatic heterocycles. The molecule has 28 heavy (non-hydrogen) atoms. The predicted octanol–water partition coefficient (Wildman–Crippen LogP) is 4.16. The molecule has 1 aliphatic rings. The van der Waals surface area contributed by atoms with E-state index in [1.165, 1.54) is 0 Å². The molecule has 2 aromatic carbocycles. The van der Waals surface area contributed by atoms with Crippen LogP contribution in [0.25, 0.3) is 10.9 Å². The van der Waals surface area contributed by atoms with Gasteiger partial charge in [0.15, 0.2) is 0 Å². The highest BCUT2D eigenvalue weighted by atomic mass is 16.2. The SMILES string of the molecule is Cc1nc2ccccc2c(C)c1CC(=O)Nc1ccccc1N1CCCC1=O. The van der Waals surface area contributed by atoms with Crippen molar-refractivity contribution in [2.45, 2.75) is 33.1 Å². The van der Waals surface area contributed by atoms with Gasteiger partial charge in [0, 0.05) is 24.0 Å². The Balaban J connectivity index is 1.60. The second kappa shape index (κ2) is 7.43. The fourth-order valence-corrected chi connectivity index (χ4v) is 3.90. The van der Waals surface area contributed by atoms with E-state index >= 15 is 0 Å². The zero-order valence-corrected chi connectivity index (χ0v) is 16.2. The van der Waals surface area contributed by atoms with Crippen LogP contribution in [0.15, 0.2) is 48.5 Å². The summed E-state index contributed by atoms with van der Waals surface area (Å²) >= 11 is 0. The molecule has 1 aromatic heterocycles. The molecule has 0 saturated carbocycles. The third kappa shape index (κ3) is 3.36. The van der Waals surface area contributed by atoms with Gasteiger partial charge in [-0.3, -0.25) is 14.6 Å². The summed E-state index contributed by atoms with van der Waals surface area (Å²) in [7, 11) is 0. The maximum Gasteiger partial charge on any atom is 0.228 e. The van der Waals surface area contributed by atoms with Gasteiger partial charge in [0.2, 0.25) is 11.8 Å². The molecule has 0 unspecified atom stereocenters. The lowest BCUT2D eigenvalue weighted by molar-refractivity contribution is -0.117. The minimum atomic E-state index is -0.109. The molecule has 1 N–H and O–H groups in total. The topological polar surface area (TPSA) is 62.3 Å². The Morgan fingerprint density at radius 3 is 2.64 bits per heavy atom. The summed E-state index contributed by atoms with van der Waals surface area (Å²) in [4.78, 5) is 31.4. The quantitative estimate of drug-likeness (QED) is 0.747. The van der Waals surface area contributed by atoms with Gasteiger partial charge in [-0.1, -0.05) is 30.3 Å². The van der Waals surface area contributed by atoms with Gasteiger partial charge in [0.05, 0.1) is 23.3 Å². The van der Waals surface area contributed by atoms with Crippen molar-refractivity contribution in [1.82, 2.24) is 4.98 Å². The van der Waals surface area contributed by atoms with Crippen LogP contribution >= 0.6 is 0 Å². The number of hydrogen-bond acceptors (Lipinski definition) is 3. The number of nitrogens with one attached hydrogen (secondary N) is 1. The van der Waals surface area contributed by atoms with Crippen LogP contribution in [0.2, 0.25) is 0 Å². The van der Waals surface area contributed by atoms with Crippen molar-refractivity contribution < 1.29 is 9.59 Å². The van der Waals surface area contributed by atoms with E-state index in [1.807, 2.05) is 62.4 Å². The fourth-order valence-electron chi connectivity index (χ4n) is 3.90. The van der Waals surface area contributed by atoms with Crippen molar-refractivity contribution in [3.63, 3.8) is 0 Å². The average Bonchev–Trinajstić information content (AvgIpc) is 3.11. The normalized spacial score (nSPS) is 13.9. The van der Waals surface area contributed by atoms with Gasteiger partial charge in [-0.05, 0) is 49.6 Å². The summed E-state index contributed by atoms with van der Waals surface area (Å²) in [5, 5.41) is 4.07. The van der Waals surface area contributed by atoms with Crippen LogP contribution in [0.4, 0.5) is 11.4 Å². The lowest BCUT2D eigenvalue weighted by Crippen LogP contribution is -2.26. The van der Waals surface area contributed by atoms with Crippen LogP contribution in [0.1, 0.15) is 29.7 Å². The Kier molecular flexibility index (Phi) is 4.82. The first-order chi connectivity index (χ1) is 13.5. The van der Waals surface area contributed by atoms with Crippen LogP contribution in [-0.2, 0) is 16.0 Å². The monoisotopic (exact) mass is 373 g/mol. The smallest absolute Gasteiger partial charge is 0.228 e. The molecular weight excluding hydrogens is 350 g/mol. The highest BCUT2D eigenvalue weighted by Crippen LogP contribution is 2.30. The summed E-state index contributed by atoms with van der Waals surface area (Å²) in [6, 6.07) is 15.5. The van der Waals surface area contributed by atoms with Crippen LogP contribution < -0.4 is 10.2 Å². The molecule has 2 heterocycles. The van der Waals surface area contributed by atoms with Crippen molar-refractivity contribution in [3.05, 3.63) is 65.4 Å². The number of nitrogens with zero attached hydrogens (tertiary/aromatic N) is 2. The number of carbonyl (C=O) groups is 2. The molecule has 3 aromatic rings. The molecule has 5 heteroatoms. The maximum atomic E-state index is 12.8. The fraction of sp³-hybridized carbons (Fsp3) is 0.261. The van der Waals surface area contributed by atoms with Crippen LogP contribution in [-0.4, -0.2) is 23.3 Å². The number of aromatic nitrogens is 1. The molecule has 0 spiro atoms. The summed E-state index contributed by atoms with van der Waals surface area (Å²) in [6.07, 6.45) is 1.66. The Bertz CT molecular complexity index is 1070. The predicted molar refractivity (Wildman–Crippen MR) is 112 cm³/mol. The van der Waals surface area contributed by atoms with Crippen LogP contribution in [0.5, 0.6) is 0 Å². The number of carbonyl (C=O) groups excluding carboxylic acids is 2. The number of pyridine rings is 1. The summed E-state index contributed by atoms with van der Waals surface area (Å²) in [5.74, 6) is -0.00510. The molecule has 1 fully saturated rings. The number of anilines is 2. The molecule has 5 nitrogen and oxygen atoms in total. The zero-order valence-electron chi connectivity index (χ0n) is 16.2. The Labute approximate surface area is 164 Å². The molecule has 0 bridgehead atoms. The maximum absolute atomic E-state index is 12.8. The molecule has 2 amide bonds. The zero-order chi connectivity index (χ0) is 19.7. The number of para-hydroxylation sites is 3. The number of hydrogen-bond donors (Lipinski definition) is 1. The van der Waals surface area contributed by atoms with E-state index in [-0.39, 0.29) is 18.2 Å². The number of benzene rings is 2. The standard InChI is InChI=1S/C23H23N3O2/c1-15-17-8-3-4-9-19(17)24-16(2)18(15)14-22(27)25-20-10-5-6-11-21(20)26-13-7-12-23(26)28/h3-6,8-11H,7,12-14H2,1-2H3,(H,25,27). The van der Waals surface area contributed by atoms with Gasteiger partial charge in [-0.15, -0.1) is 0 Å². The highest BCUT2D eigenvalue weighted by Gasteiger charge is 2.24. The largest absolute Gasteiger partial charge is 0.324 e. The number of amides is 2. The molecule has 4 rings (SSSR count). The average molecular weight is 373 g/mol. The summed E-state index contributed by atoms with van der Waals surface area (Å²) in [6.45, 7) is 4.67. The van der Waals surface area contributed by atoms with Crippen molar-refractivity contribution in [2.75, 3.05) is 16.8 Å². The minimum absolute atomic E-state index is 0.104. The lowest BCUT2D eigenvalue weighted by Gasteiger charge is -2.20. The van der Waals surface area contributed by atoms with Gasteiger partial charge in [0.1, 0.15) is 0 Å². The van der Waals surface area contributed by atoms with E-state index in [1.54, 1.807) is 4.90 Å². The van der Waals surface area contributed by atoms with E-state index in [0.717, 1.165) is 39.8 Å². The van der Waals surface area contributed by atoms with E-state index in [9.17, 15) is 9.59 Å². The molecule has 0 atom stereocenters. The Morgan fingerprint density at radius 1 is 1.11 bits per heavy atom. The van der Waals surface area contributed by atoms with E-state index < -0.39 is 0 Å². The van der Waals surface area contributed by atoms with Crippen molar-refractivity contribution in [3.8, 4) is 0 Å². The molecular formula is C23H23N3O2. The van der Waals surface area contributed by atoms with Crippen molar-refractivity contribution >= 4 is 34.1 Å². The molecule has 0 aliphatic carbocycles. The van der Waals surface area contributed by atoms with E-state index in [2.05, 4.69) is 10.3 Å². The summed E-state index contributed by atoms with van der Waals surface area (Å²) < 4.78 is 0. The number of aryl methyl sites for hydroxylation is 2. The van der Waals surface area contributed by atoms with Gasteiger partial charge < -0.3 is 10.2 Å². The Morgan fingerprint density at radius 2 is 1.86 bits per heavy atom. The summed E-state index contributed by atoms with van der Waals surface area (Å²) in [5.41, 5.74) is 5.29. The first-order valence-corrected chi connectivity index (χ1v) is 9.58. The van der Waals surface area contributed by atoms with Gasteiger partial charge in [-0.25, -0.2) is 0 Å². The van der Waals surface area contributed by atoms with Gasteiger partial charge >= 0.3 is 0 Å². The van der Waals surface area contributed by atoms with E-state index in [4.69, 9.17) is 0 Å². The second-order valence-corrected chi connectivity index (χ2v) is 7.21. The van der Waals surface area contributed by atoms with Crippen molar-refractivity contribution in [1.29, 1.82) is 0 Å². The first-order valence-electron chi connectivity index (χ1n) is 9.58.